The quantitative estimate of drug-likeness (QED) is 0.865. The van der Waals surface area contributed by atoms with Crippen LogP contribution in [0.3, 0.4) is 0 Å². The van der Waals surface area contributed by atoms with Gasteiger partial charge in [-0.3, -0.25) is 0 Å². The highest BCUT2D eigenvalue weighted by Crippen LogP contribution is 2.40. The van der Waals surface area contributed by atoms with Gasteiger partial charge in [0.05, 0.1) is 12.3 Å². The number of rotatable bonds is 5. The van der Waals surface area contributed by atoms with Crippen molar-refractivity contribution in [3.05, 3.63) is 11.7 Å². The minimum absolute atomic E-state index is 0.0222. The van der Waals surface area contributed by atoms with Crippen molar-refractivity contribution < 1.29 is 18.0 Å². The Hall–Kier alpha value is -0.990. The van der Waals surface area contributed by atoms with Gasteiger partial charge in [-0.2, -0.15) is 9.29 Å². The molecule has 1 atom stereocenters. The Morgan fingerprint density at radius 3 is 2.73 bits per heavy atom. The second-order valence-corrected chi connectivity index (χ2v) is 8.94. The predicted molar refractivity (Wildman–Crippen MR) is 77.5 cm³/mol. The van der Waals surface area contributed by atoms with Gasteiger partial charge in [-0.25, -0.2) is 8.42 Å². The van der Waals surface area contributed by atoms with E-state index in [-0.39, 0.29) is 24.1 Å². The van der Waals surface area contributed by atoms with Crippen molar-refractivity contribution in [1.29, 1.82) is 0 Å². The average molecular weight is 327 g/mol. The third-order valence-electron chi connectivity index (χ3n) is 5.06. The standard InChI is InChI=1S/C14H21N3O4S/c18-14(13-15-12(16-21-13)11-4-5-11)6-7-17(9-14)22(19,20)8-10-2-1-3-10/h10-11,18H,1-9H2/t14-/m0/s1. The van der Waals surface area contributed by atoms with Gasteiger partial charge in [0, 0.05) is 18.9 Å². The molecule has 0 radical (unpaired) electrons. The minimum Gasteiger partial charge on any atom is -0.379 e. The van der Waals surface area contributed by atoms with Gasteiger partial charge < -0.3 is 9.63 Å². The van der Waals surface area contributed by atoms with Gasteiger partial charge in [0.1, 0.15) is 0 Å². The molecule has 0 amide bonds. The van der Waals surface area contributed by atoms with Crippen LogP contribution in [0.15, 0.2) is 4.52 Å². The molecule has 3 fully saturated rings. The number of aliphatic hydroxyl groups is 1. The summed E-state index contributed by atoms with van der Waals surface area (Å²) in [6.45, 7) is 0.334. The van der Waals surface area contributed by atoms with E-state index >= 15 is 0 Å². The maximum Gasteiger partial charge on any atom is 0.260 e. The van der Waals surface area contributed by atoms with Crippen LogP contribution < -0.4 is 0 Å². The largest absolute Gasteiger partial charge is 0.379 e. The Balaban J connectivity index is 1.47. The van der Waals surface area contributed by atoms with Crippen molar-refractivity contribution in [1.82, 2.24) is 14.4 Å². The molecule has 122 valence electrons. The van der Waals surface area contributed by atoms with Crippen LogP contribution in [-0.4, -0.2) is 46.8 Å². The summed E-state index contributed by atoms with van der Waals surface area (Å²) in [6.07, 6.45) is 5.52. The van der Waals surface area contributed by atoms with E-state index in [0.29, 0.717) is 24.7 Å². The van der Waals surface area contributed by atoms with Gasteiger partial charge in [0.25, 0.3) is 5.89 Å². The highest BCUT2D eigenvalue weighted by molar-refractivity contribution is 7.89. The highest BCUT2D eigenvalue weighted by Gasteiger charge is 2.47. The van der Waals surface area contributed by atoms with Gasteiger partial charge in [-0.1, -0.05) is 11.6 Å². The second kappa shape index (κ2) is 5.01. The van der Waals surface area contributed by atoms with Crippen LogP contribution in [-0.2, 0) is 15.6 Å². The fourth-order valence-corrected chi connectivity index (χ4v) is 5.09. The zero-order valence-corrected chi connectivity index (χ0v) is 13.3. The van der Waals surface area contributed by atoms with Crippen LogP contribution in [0.2, 0.25) is 0 Å². The summed E-state index contributed by atoms with van der Waals surface area (Å²) in [7, 11) is -3.31. The average Bonchev–Trinajstić information content (AvgIpc) is 2.99. The van der Waals surface area contributed by atoms with E-state index < -0.39 is 15.6 Å². The first kappa shape index (κ1) is 14.6. The summed E-state index contributed by atoms with van der Waals surface area (Å²) in [5, 5.41) is 14.6. The lowest BCUT2D eigenvalue weighted by Crippen LogP contribution is -2.38. The topological polar surface area (TPSA) is 96.5 Å². The molecule has 3 aliphatic rings. The number of hydrogen-bond donors (Lipinski definition) is 1. The monoisotopic (exact) mass is 327 g/mol. The Kier molecular flexibility index (Phi) is 3.32. The van der Waals surface area contributed by atoms with Gasteiger partial charge in [-0.05, 0) is 31.6 Å². The van der Waals surface area contributed by atoms with Crippen molar-refractivity contribution in [3.8, 4) is 0 Å². The lowest BCUT2D eigenvalue weighted by Gasteiger charge is -2.27. The zero-order valence-electron chi connectivity index (χ0n) is 12.4. The van der Waals surface area contributed by atoms with Crippen LogP contribution in [0.1, 0.15) is 56.2 Å². The van der Waals surface area contributed by atoms with E-state index in [1.807, 2.05) is 0 Å². The Morgan fingerprint density at radius 1 is 1.32 bits per heavy atom. The van der Waals surface area contributed by atoms with E-state index in [1.54, 1.807) is 0 Å². The van der Waals surface area contributed by atoms with Gasteiger partial charge >= 0.3 is 0 Å². The SMILES string of the molecule is O=S(=O)(CC1CCC1)N1CC[C@@](O)(c2nc(C3CC3)no2)C1. The highest BCUT2D eigenvalue weighted by atomic mass is 32.2. The van der Waals surface area contributed by atoms with Crippen LogP contribution >= 0.6 is 0 Å². The molecule has 1 N–H and O–H groups in total. The lowest BCUT2D eigenvalue weighted by molar-refractivity contribution is 0.0193. The molecule has 0 unspecified atom stereocenters. The maximum atomic E-state index is 12.4. The van der Waals surface area contributed by atoms with E-state index in [1.165, 1.54) is 4.31 Å². The number of aromatic nitrogens is 2. The number of hydrogen-bond acceptors (Lipinski definition) is 6. The molecule has 2 saturated carbocycles. The molecule has 22 heavy (non-hydrogen) atoms. The van der Waals surface area contributed by atoms with Gasteiger partial charge in [0.2, 0.25) is 10.0 Å². The van der Waals surface area contributed by atoms with Gasteiger partial charge in [0.15, 0.2) is 11.4 Å². The molecule has 8 heteroatoms. The second-order valence-electron chi connectivity index (χ2n) is 6.92. The first-order valence-electron chi connectivity index (χ1n) is 8.01. The van der Waals surface area contributed by atoms with Crippen molar-refractivity contribution in [3.63, 3.8) is 0 Å². The molecule has 2 aliphatic carbocycles. The zero-order chi connectivity index (χ0) is 15.4. The van der Waals surface area contributed by atoms with Crippen LogP contribution in [0, 0.1) is 5.92 Å². The minimum atomic E-state index is -3.31. The Morgan fingerprint density at radius 2 is 2.09 bits per heavy atom. The molecule has 0 spiro atoms. The molecule has 1 saturated heterocycles. The molecule has 2 heterocycles. The van der Waals surface area contributed by atoms with Crippen LogP contribution in [0.25, 0.3) is 0 Å². The summed E-state index contributed by atoms with van der Waals surface area (Å²) < 4.78 is 31.4. The fraction of sp³-hybridized carbons (Fsp3) is 0.857. The van der Waals surface area contributed by atoms with E-state index in [0.717, 1.165) is 32.1 Å². The summed E-state index contributed by atoms with van der Waals surface area (Å²) in [6, 6.07) is 0. The normalized spacial score (nSPS) is 30.6. The van der Waals surface area contributed by atoms with Crippen molar-refractivity contribution in [2.75, 3.05) is 18.8 Å². The molecule has 1 aromatic rings. The molecule has 0 bridgehead atoms. The fourth-order valence-electron chi connectivity index (χ4n) is 3.17. The van der Waals surface area contributed by atoms with Crippen molar-refractivity contribution >= 4 is 10.0 Å². The van der Waals surface area contributed by atoms with Crippen LogP contribution in [0.5, 0.6) is 0 Å². The Bertz CT molecular complexity index is 665. The number of β-amino-alcohol motifs (C(OH)–C–C–N with tert-alkyl or cyclic N) is 1. The molecule has 0 aromatic carbocycles. The molecule has 4 rings (SSSR count). The summed E-state index contributed by atoms with van der Waals surface area (Å²) in [5.41, 5.74) is -1.34. The third kappa shape index (κ3) is 2.57. The third-order valence-corrected chi connectivity index (χ3v) is 7.05. The maximum absolute atomic E-state index is 12.4. The number of nitrogens with zero attached hydrogens (tertiary/aromatic N) is 3. The first-order chi connectivity index (χ1) is 10.5. The van der Waals surface area contributed by atoms with E-state index in [2.05, 4.69) is 10.1 Å². The first-order valence-corrected chi connectivity index (χ1v) is 9.61. The van der Waals surface area contributed by atoms with E-state index in [9.17, 15) is 13.5 Å². The molecule has 7 nitrogen and oxygen atoms in total. The molecule has 1 aliphatic heterocycles. The smallest absolute Gasteiger partial charge is 0.260 e. The molecular formula is C14H21N3O4S. The molecular weight excluding hydrogens is 306 g/mol. The Labute approximate surface area is 129 Å². The predicted octanol–water partition coefficient (Wildman–Crippen LogP) is 0.970. The van der Waals surface area contributed by atoms with Gasteiger partial charge in [-0.15, -0.1) is 0 Å². The van der Waals surface area contributed by atoms with Crippen LogP contribution in [0.4, 0.5) is 0 Å². The lowest BCUT2D eigenvalue weighted by atomic mass is 9.87. The summed E-state index contributed by atoms with van der Waals surface area (Å²) in [5.74, 6) is 1.62. The summed E-state index contributed by atoms with van der Waals surface area (Å²) in [4.78, 5) is 4.28. The molecule has 1 aromatic heterocycles. The summed E-state index contributed by atoms with van der Waals surface area (Å²) >= 11 is 0. The van der Waals surface area contributed by atoms with Crippen molar-refractivity contribution in [2.24, 2.45) is 5.92 Å². The van der Waals surface area contributed by atoms with E-state index in [4.69, 9.17) is 4.52 Å². The van der Waals surface area contributed by atoms with Crippen molar-refractivity contribution in [2.45, 2.75) is 50.0 Å². The number of sulfonamides is 1.